The molecule has 0 bridgehead atoms. The fourth-order valence-corrected chi connectivity index (χ4v) is 3.60. The first-order valence-electron chi connectivity index (χ1n) is 6.89. The zero-order valence-corrected chi connectivity index (χ0v) is 13.7. The maximum atomic E-state index is 13.9. The monoisotopic (exact) mass is 368 g/mol. The second kappa shape index (κ2) is 5.71. The first kappa shape index (κ1) is 15.0. The summed E-state index contributed by atoms with van der Waals surface area (Å²) in [4.78, 5) is 0. The molecule has 21 heavy (non-hydrogen) atoms. The second-order valence-electron chi connectivity index (χ2n) is 5.73. The summed E-state index contributed by atoms with van der Waals surface area (Å²) < 4.78 is 14.9. The van der Waals surface area contributed by atoms with E-state index in [1.54, 1.807) is 6.07 Å². The molecular weight excluding hydrogens is 355 g/mol. The average molecular weight is 370 g/mol. The molecule has 0 saturated heterocycles. The molecule has 3 rings (SSSR count). The van der Waals surface area contributed by atoms with Gasteiger partial charge in [0.05, 0.1) is 5.60 Å². The maximum Gasteiger partial charge on any atom is 0.126 e. The third-order valence-corrected chi connectivity index (χ3v) is 4.80. The molecule has 110 valence electrons. The molecule has 0 aliphatic heterocycles. The summed E-state index contributed by atoms with van der Waals surface area (Å²) in [5.74, 6) is -0.311. The number of fused-ring (bicyclic) bond motifs is 1. The van der Waals surface area contributed by atoms with Gasteiger partial charge in [-0.1, -0.05) is 33.6 Å². The van der Waals surface area contributed by atoms with Crippen LogP contribution in [0.5, 0.6) is 0 Å². The molecule has 0 heterocycles. The lowest BCUT2D eigenvalue weighted by Crippen LogP contribution is -2.38. The van der Waals surface area contributed by atoms with E-state index in [9.17, 15) is 9.50 Å². The molecule has 1 unspecified atom stereocenters. The number of halogens is 3. The van der Waals surface area contributed by atoms with E-state index in [4.69, 9.17) is 11.6 Å². The van der Waals surface area contributed by atoms with Gasteiger partial charge in [-0.05, 0) is 59.9 Å². The number of hydrogen-bond donors (Lipinski definition) is 1. The Bertz CT molecular complexity index is 688. The molecule has 0 aromatic heterocycles. The molecule has 1 N–H and O–H groups in total. The summed E-state index contributed by atoms with van der Waals surface area (Å²) in [5, 5.41) is 11.3. The Kier molecular flexibility index (Phi) is 4.08. The van der Waals surface area contributed by atoms with Crippen molar-refractivity contribution in [2.45, 2.75) is 31.3 Å². The van der Waals surface area contributed by atoms with Crippen molar-refractivity contribution in [2.24, 2.45) is 0 Å². The minimum absolute atomic E-state index is 0.287. The molecule has 4 heteroatoms. The van der Waals surface area contributed by atoms with E-state index in [-0.39, 0.29) is 12.2 Å². The molecule has 0 saturated carbocycles. The Morgan fingerprint density at radius 1 is 1.19 bits per heavy atom. The van der Waals surface area contributed by atoms with Crippen LogP contribution in [0.25, 0.3) is 0 Å². The Morgan fingerprint density at radius 2 is 2.00 bits per heavy atom. The quantitative estimate of drug-likeness (QED) is 0.813. The third-order valence-electron chi connectivity index (χ3n) is 4.07. The van der Waals surface area contributed by atoms with Crippen LogP contribution in [0.15, 0.2) is 40.9 Å². The molecule has 2 aromatic carbocycles. The number of aliphatic hydroxyl groups is 1. The van der Waals surface area contributed by atoms with Crippen molar-refractivity contribution in [3.05, 3.63) is 68.4 Å². The van der Waals surface area contributed by atoms with Crippen LogP contribution in [0.3, 0.4) is 0 Å². The van der Waals surface area contributed by atoms with Crippen molar-refractivity contribution in [1.82, 2.24) is 0 Å². The van der Waals surface area contributed by atoms with E-state index in [1.165, 1.54) is 17.7 Å². The van der Waals surface area contributed by atoms with Gasteiger partial charge in [0.1, 0.15) is 5.82 Å². The van der Waals surface area contributed by atoms with Gasteiger partial charge >= 0.3 is 0 Å². The lowest BCUT2D eigenvalue weighted by atomic mass is 9.77. The Labute approximate surface area is 136 Å². The van der Waals surface area contributed by atoms with E-state index in [2.05, 4.69) is 22.0 Å². The minimum atomic E-state index is -0.910. The summed E-state index contributed by atoms with van der Waals surface area (Å²) in [6.45, 7) is 0. The van der Waals surface area contributed by atoms with Gasteiger partial charge in [0.25, 0.3) is 0 Å². The first-order valence-corrected chi connectivity index (χ1v) is 8.06. The molecule has 0 amide bonds. The molecule has 1 aliphatic rings. The van der Waals surface area contributed by atoms with Gasteiger partial charge in [-0.25, -0.2) is 4.39 Å². The second-order valence-corrected chi connectivity index (χ2v) is 7.08. The van der Waals surface area contributed by atoms with Crippen molar-refractivity contribution in [3.8, 4) is 0 Å². The lowest BCUT2D eigenvalue weighted by molar-refractivity contribution is 0.0259. The van der Waals surface area contributed by atoms with Crippen LogP contribution in [0.2, 0.25) is 5.02 Å². The number of aryl methyl sites for hydroxylation is 1. The zero-order chi connectivity index (χ0) is 15.0. The van der Waals surface area contributed by atoms with Crippen molar-refractivity contribution in [3.63, 3.8) is 0 Å². The van der Waals surface area contributed by atoms with Crippen LogP contribution in [-0.4, -0.2) is 10.7 Å². The predicted octanol–water partition coefficient (Wildman–Crippen LogP) is 4.70. The standard InChI is InChI=1S/C17H15BrClFO/c18-14-2-1-12-9-17(21,6-5-11(12)7-14)10-13-8-15(19)3-4-16(13)20/h1-4,7-8,21H,5-6,9-10H2. The van der Waals surface area contributed by atoms with Crippen LogP contribution in [0, 0.1) is 5.82 Å². The molecule has 2 aromatic rings. The lowest BCUT2D eigenvalue weighted by Gasteiger charge is -2.34. The van der Waals surface area contributed by atoms with Crippen molar-refractivity contribution in [1.29, 1.82) is 0 Å². The van der Waals surface area contributed by atoms with Crippen LogP contribution >= 0.6 is 27.5 Å². The van der Waals surface area contributed by atoms with Crippen LogP contribution in [0.4, 0.5) is 4.39 Å². The third kappa shape index (κ3) is 3.31. The fourth-order valence-electron chi connectivity index (χ4n) is 2.99. The highest BCUT2D eigenvalue weighted by Gasteiger charge is 2.33. The van der Waals surface area contributed by atoms with Gasteiger partial charge in [0.2, 0.25) is 0 Å². The molecule has 0 radical (unpaired) electrons. The summed E-state index contributed by atoms with van der Waals surface area (Å²) in [6.07, 6.45) is 2.26. The summed E-state index contributed by atoms with van der Waals surface area (Å²) in [5.41, 5.74) is 1.95. The maximum absolute atomic E-state index is 13.9. The molecule has 0 spiro atoms. The fraction of sp³-hybridized carbons (Fsp3) is 0.294. The van der Waals surface area contributed by atoms with Gasteiger partial charge in [-0.3, -0.25) is 0 Å². The van der Waals surface area contributed by atoms with Gasteiger partial charge in [-0.2, -0.15) is 0 Å². The topological polar surface area (TPSA) is 20.2 Å². The summed E-state index contributed by atoms with van der Waals surface area (Å²) in [7, 11) is 0. The van der Waals surface area contributed by atoms with Crippen LogP contribution in [0.1, 0.15) is 23.1 Å². The van der Waals surface area contributed by atoms with Crippen molar-refractivity contribution < 1.29 is 9.50 Å². The molecule has 1 atom stereocenters. The predicted molar refractivity (Wildman–Crippen MR) is 86.2 cm³/mol. The van der Waals surface area contributed by atoms with E-state index in [1.807, 2.05) is 12.1 Å². The minimum Gasteiger partial charge on any atom is -0.389 e. The van der Waals surface area contributed by atoms with Gasteiger partial charge in [-0.15, -0.1) is 0 Å². The smallest absolute Gasteiger partial charge is 0.126 e. The highest BCUT2D eigenvalue weighted by molar-refractivity contribution is 9.10. The van der Waals surface area contributed by atoms with Crippen LogP contribution < -0.4 is 0 Å². The highest BCUT2D eigenvalue weighted by atomic mass is 79.9. The normalized spacial score (nSPS) is 21.1. The van der Waals surface area contributed by atoms with Gasteiger partial charge in [0, 0.05) is 22.3 Å². The van der Waals surface area contributed by atoms with E-state index >= 15 is 0 Å². The average Bonchev–Trinajstić information content (AvgIpc) is 2.43. The van der Waals surface area contributed by atoms with E-state index in [0.717, 1.165) is 16.5 Å². The van der Waals surface area contributed by atoms with Crippen molar-refractivity contribution in [2.75, 3.05) is 0 Å². The molecule has 0 fully saturated rings. The largest absolute Gasteiger partial charge is 0.389 e. The molecule has 1 nitrogen and oxygen atoms in total. The van der Waals surface area contributed by atoms with E-state index in [0.29, 0.717) is 23.4 Å². The Balaban J connectivity index is 1.86. The summed E-state index contributed by atoms with van der Waals surface area (Å²) in [6, 6.07) is 10.6. The SMILES string of the molecule is OC1(Cc2cc(Cl)ccc2F)CCc2cc(Br)ccc2C1. The first-order chi connectivity index (χ1) is 9.95. The summed E-state index contributed by atoms with van der Waals surface area (Å²) >= 11 is 9.39. The van der Waals surface area contributed by atoms with Crippen LogP contribution in [-0.2, 0) is 19.3 Å². The number of rotatable bonds is 2. The van der Waals surface area contributed by atoms with Gasteiger partial charge < -0.3 is 5.11 Å². The molecule has 1 aliphatic carbocycles. The van der Waals surface area contributed by atoms with Crippen molar-refractivity contribution >= 4 is 27.5 Å². The van der Waals surface area contributed by atoms with Gasteiger partial charge in [0.15, 0.2) is 0 Å². The Hall–Kier alpha value is -0.900. The number of hydrogen-bond acceptors (Lipinski definition) is 1. The highest BCUT2D eigenvalue weighted by Crippen LogP contribution is 2.33. The Morgan fingerprint density at radius 3 is 2.81 bits per heavy atom. The van der Waals surface area contributed by atoms with E-state index < -0.39 is 5.60 Å². The molecular formula is C17H15BrClFO. The number of benzene rings is 2. The zero-order valence-electron chi connectivity index (χ0n) is 11.4.